The molecule has 0 radical (unpaired) electrons. The molecule has 0 saturated heterocycles. The van der Waals surface area contributed by atoms with Gasteiger partial charge in [0.1, 0.15) is 0 Å². The molecule has 1 aliphatic carbocycles. The average molecular weight is 325 g/mol. The second kappa shape index (κ2) is 7.30. The van der Waals surface area contributed by atoms with Crippen LogP contribution in [0.2, 0.25) is 0 Å². The molecular formula is C14H22F3NO4. The van der Waals surface area contributed by atoms with E-state index in [1.54, 1.807) is 0 Å². The fraction of sp³-hybridized carbons (Fsp3) is 0.857. The molecule has 2 N–H and O–H groups in total. The SMILES string of the molecule is COCC(C)(CC(=O)O)NC(=O)C1CCCC(C(F)(F)F)C1. The van der Waals surface area contributed by atoms with Gasteiger partial charge < -0.3 is 15.2 Å². The highest BCUT2D eigenvalue weighted by atomic mass is 19.4. The lowest BCUT2D eigenvalue weighted by Crippen LogP contribution is -2.53. The maximum absolute atomic E-state index is 12.8. The van der Waals surface area contributed by atoms with Gasteiger partial charge in [0.05, 0.1) is 24.5 Å². The van der Waals surface area contributed by atoms with Crippen molar-refractivity contribution >= 4 is 11.9 Å². The highest BCUT2D eigenvalue weighted by Gasteiger charge is 2.44. The average Bonchev–Trinajstić information content (AvgIpc) is 2.36. The van der Waals surface area contributed by atoms with Gasteiger partial charge in [0.25, 0.3) is 0 Å². The van der Waals surface area contributed by atoms with Crippen molar-refractivity contribution in [2.75, 3.05) is 13.7 Å². The first-order valence-corrected chi connectivity index (χ1v) is 7.17. The van der Waals surface area contributed by atoms with Crippen molar-refractivity contribution < 1.29 is 32.6 Å². The van der Waals surface area contributed by atoms with Crippen molar-refractivity contribution in [1.82, 2.24) is 5.32 Å². The first-order chi connectivity index (χ1) is 10.1. The van der Waals surface area contributed by atoms with Crippen LogP contribution >= 0.6 is 0 Å². The van der Waals surface area contributed by atoms with E-state index in [1.807, 2.05) is 0 Å². The molecule has 5 nitrogen and oxygen atoms in total. The Labute approximate surface area is 127 Å². The molecule has 0 heterocycles. The number of aliphatic carboxylic acids is 1. The zero-order valence-electron chi connectivity index (χ0n) is 12.7. The second-order valence-electron chi connectivity index (χ2n) is 6.16. The summed E-state index contributed by atoms with van der Waals surface area (Å²) in [5.41, 5.74) is -1.14. The normalized spacial score (nSPS) is 25.3. The van der Waals surface area contributed by atoms with E-state index in [0.29, 0.717) is 12.8 Å². The lowest BCUT2D eigenvalue weighted by Gasteiger charge is -2.34. The number of ether oxygens (including phenoxy) is 1. The first kappa shape index (κ1) is 18.7. The Morgan fingerprint density at radius 3 is 2.45 bits per heavy atom. The maximum atomic E-state index is 12.8. The van der Waals surface area contributed by atoms with E-state index < -0.39 is 35.4 Å². The molecule has 22 heavy (non-hydrogen) atoms. The summed E-state index contributed by atoms with van der Waals surface area (Å²) in [5, 5.41) is 11.4. The summed E-state index contributed by atoms with van der Waals surface area (Å²) in [6.07, 6.45) is -4.14. The third kappa shape index (κ3) is 5.47. The third-order valence-electron chi connectivity index (χ3n) is 3.94. The second-order valence-corrected chi connectivity index (χ2v) is 6.16. The summed E-state index contributed by atoms with van der Waals surface area (Å²) in [7, 11) is 1.37. The molecule has 1 aliphatic rings. The molecule has 1 amide bonds. The Morgan fingerprint density at radius 2 is 1.95 bits per heavy atom. The quantitative estimate of drug-likeness (QED) is 0.786. The summed E-state index contributed by atoms with van der Waals surface area (Å²) in [6, 6.07) is 0. The minimum absolute atomic E-state index is 0.0273. The Hall–Kier alpha value is -1.31. The van der Waals surface area contributed by atoms with Crippen LogP contribution in [0, 0.1) is 11.8 Å². The van der Waals surface area contributed by atoms with Crippen LogP contribution in [0.4, 0.5) is 13.2 Å². The van der Waals surface area contributed by atoms with E-state index in [-0.39, 0.29) is 25.9 Å². The molecule has 0 aromatic heterocycles. The highest BCUT2D eigenvalue weighted by molar-refractivity contribution is 5.80. The zero-order valence-corrected chi connectivity index (χ0v) is 12.7. The van der Waals surface area contributed by atoms with Gasteiger partial charge in [-0.3, -0.25) is 9.59 Å². The molecule has 0 aromatic carbocycles. The Morgan fingerprint density at radius 1 is 1.32 bits per heavy atom. The number of hydrogen-bond acceptors (Lipinski definition) is 3. The van der Waals surface area contributed by atoms with Crippen molar-refractivity contribution in [2.24, 2.45) is 11.8 Å². The van der Waals surface area contributed by atoms with E-state index in [9.17, 15) is 22.8 Å². The molecule has 0 spiro atoms. The van der Waals surface area contributed by atoms with Crippen LogP contribution in [-0.2, 0) is 14.3 Å². The number of hydrogen-bond donors (Lipinski definition) is 2. The van der Waals surface area contributed by atoms with Crippen LogP contribution in [0.15, 0.2) is 0 Å². The molecule has 3 unspecified atom stereocenters. The molecule has 0 aliphatic heterocycles. The fourth-order valence-electron chi connectivity index (χ4n) is 2.91. The van der Waals surface area contributed by atoms with E-state index in [0.717, 1.165) is 0 Å². The van der Waals surface area contributed by atoms with Gasteiger partial charge in [-0.2, -0.15) is 13.2 Å². The number of amides is 1. The lowest BCUT2D eigenvalue weighted by molar-refractivity contribution is -0.186. The third-order valence-corrected chi connectivity index (χ3v) is 3.94. The topological polar surface area (TPSA) is 75.6 Å². The van der Waals surface area contributed by atoms with E-state index in [4.69, 9.17) is 9.84 Å². The summed E-state index contributed by atoms with van der Waals surface area (Å²) in [4.78, 5) is 23.1. The summed E-state index contributed by atoms with van der Waals surface area (Å²) in [5.74, 6) is -3.86. The van der Waals surface area contributed by atoms with E-state index in [2.05, 4.69) is 5.32 Å². The van der Waals surface area contributed by atoms with E-state index in [1.165, 1.54) is 14.0 Å². The van der Waals surface area contributed by atoms with Gasteiger partial charge in [-0.15, -0.1) is 0 Å². The smallest absolute Gasteiger partial charge is 0.391 e. The number of alkyl halides is 3. The first-order valence-electron chi connectivity index (χ1n) is 7.17. The predicted octanol–water partition coefficient (Wildman–Crippen LogP) is 2.35. The van der Waals surface area contributed by atoms with Crippen molar-refractivity contribution in [3.63, 3.8) is 0 Å². The van der Waals surface area contributed by atoms with E-state index >= 15 is 0 Å². The van der Waals surface area contributed by atoms with Gasteiger partial charge in [-0.1, -0.05) is 6.42 Å². The maximum Gasteiger partial charge on any atom is 0.391 e. The zero-order chi connectivity index (χ0) is 17.0. The number of carboxylic acids is 1. The van der Waals surface area contributed by atoms with Gasteiger partial charge >= 0.3 is 12.1 Å². The highest BCUT2D eigenvalue weighted by Crippen LogP contribution is 2.40. The Bertz CT molecular complexity index is 413. The van der Waals surface area contributed by atoms with Crippen molar-refractivity contribution in [3.05, 3.63) is 0 Å². The summed E-state index contributed by atoms with van der Waals surface area (Å²) in [6.45, 7) is 1.48. The minimum Gasteiger partial charge on any atom is -0.481 e. The molecule has 3 atom stereocenters. The standard InChI is InChI=1S/C14H22F3NO4/c1-13(8-22-2,7-11(19)20)18-12(21)9-4-3-5-10(6-9)14(15,16)17/h9-10H,3-8H2,1-2H3,(H,18,21)(H,19,20). The number of nitrogens with one attached hydrogen (secondary N) is 1. The predicted molar refractivity (Wildman–Crippen MR) is 72.2 cm³/mol. The van der Waals surface area contributed by atoms with Crippen LogP contribution < -0.4 is 5.32 Å². The largest absolute Gasteiger partial charge is 0.481 e. The molecule has 1 rings (SSSR count). The van der Waals surface area contributed by atoms with Crippen molar-refractivity contribution in [1.29, 1.82) is 0 Å². The molecule has 0 aromatic rings. The monoisotopic (exact) mass is 325 g/mol. The minimum atomic E-state index is -4.30. The molecule has 8 heteroatoms. The summed E-state index contributed by atoms with van der Waals surface area (Å²) < 4.78 is 43.3. The van der Waals surface area contributed by atoms with Crippen LogP contribution in [0.25, 0.3) is 0 Å². The van der Waals surface area contributed by atoms with Crippen LogP contribution in [0.3, 0.4) is 0 Å². The lowest BCUT2D eigenvalue weighted by atomic mass is 9.80. The molecule has 1 saturated carbocycles. The molecular weight excluding hydrogens is 303 g/mol. The van der Waals surface area contributed by atoms with Gasteiger partial charge in [0.15, 0.2) is 0 Å². The number of halogens is 3. The van der Waals surface area contributed by atoms with Gasteiger partial charge in [-0.05, 0) is 26.2 Å². The van der Waals surface area contributed by atoms with Gasteiger partial charge in [-0.25, -0.2) is 0 Å². The Balaban J connectivity index is 2.71. The van der Waals surface area contributed by atoms with Crippen molar-refractivity contribution in [2.45, 2.75) is 50.7 Å². The molecule has 1 fully saturated rings. The number of carboxylic acid groups (broad SMARTS) is 1. The number of methoxy groups -OCH3 is 1. The van der Waals surface area contributed by atoms with Crippen LogP contribution in [-0.4, -0.2) is 42.4 Å². The Kier molecular flexibility index (Phi) is 6.22. The van der Waals surface area contributed by atoms with Crippen LogP contribution in [0.1, 0.15) is 39.0 Å². The number of carbonyl (C=O) groups excluding carboxylic acids is 1. The van der Waals surface area contributed by atoms with Gasteiger partial charge in [0, 0.05) is 13.0 Å². The van der Waals surface area contributed by atoms with Crippen LogP contribution in [0.5, 0.6) is 0 Å². The molecule has 0 bridgehead atoms. The number of carbonyl (C=O) groups is 2. The summed E-state index contributed by atoms with van der Waals surface area (Å²) >= 11 is 0. The molecule has 128 valence electrons. The van der Waals surface area contributed by atoms with Gasteiger partial charge in [0.2, 0.25) is 5.91 Å². The fourth-order valence-corrected chi connectivity index (χ4v) is 2.91. The van der Waals surface area contributed by atoms with Crippen molar-refractivity contribution in [3.8, 4) is 0 Å². The number of rotatable bonds is 6.